The Balaban J connectivity index is 1.46. The lowest BCUT2D eigenvalue weighted by molar-refractivity contribution is -0.122. The van der Waals surface area contributed by atoms with Crippen molar-refractivity contribution < 1.29 is 9.53 Å². The summed E-state index contributed by atoms with van der Waals surface area (Å²) in [6.07, 6.45) is 6.12. The number of benzene rings is 1. The van der Waals surface area contributed by atoms with Gasteiger partial charge in [0.25, 0.3) is 5.56 Å². The molecule has 0 fully saturated rings. The number of ether oxygens (including phenoxy) is 1. The van der Waals surface area contributed by atoms with Crippen molar-refractivity contribution in [2.24, 2.45) is 5.92 Å². The van der Waals surface area contributed by atoms with Gasteiger partial charge in [0, 0.05) is 17.8 Å². The molecule has 3 aromatic rings. The Hall–Kier alpha value is -2.67. The van der Waals surface area contributed by atoms with Gasteiger partial charge in [-0.15, -0.1) is 11.3 Å². The molecule has 2 heterocycles. The van der Waals surface area contributed by atoms with E-state index < -0.39 is 0 Å². The summed E-state index contributed by atoms with van der Waals surface area (Å²) < 4.78 is 6.81. The summed E-state index contributed by atoms with van der Waals surface area (Å²) >= 11 is 1.65. The molecule has 0 bridgehead atoms. The molecular weight excluding hydrogens is 410 g/mol. The van der Waals surface area contributed by atoms with Crippen molar-refractivity contribution in [2.75, 3.05) is 7.11 Å². The molecule has 1 amide bonds. The van der Waals surface area contributed by atoms with E-state index in [9.17, 15) is 9.59 Å². The van der Waals surface area contributed by atoms with Crippen molar-refractivity contribution in [3.63, 3.8) is 0 Å². The van der Waals surface area contributed by atoms with Crippen molar-refractivity contribution in [1.29, 1.82) is 0 Å². The van der Waals surface area contributed by atoms with Crippen molar-refractivity contribution in [1.82, 2.24) is 14.9 Å². The van der Waals surface area contributed by atoms with Gasteiger partial charge in [-0.05, 0) is 54.9 Å². The Morgan fingerprint density at radius 3 is 2.68 bits per heavy atom. The number of fused-ring (bicyclic) bond motifs is 3. The predicted molar refractivity (Wildman–Crippen MR) is 124 cm³/mol. The minimum absolute atomic E-state index is 0.0206. The van der Waals surface area contributed by atoms with Gasteiger partial charge < -0.3 is 10.1 Å². The van der Waals surface area contributed by atoms with E-state index in [1.807, 2.05) is 24.3 Å². The van der Waals surface area contributed by atoms with Crippen molar-refractivity contribution >= 4 is 27.5 Å². The first-order valence-corrected chi connectivity index (χ1v) is 11.7. The van der Waals surface area contributed by atoms with E-state index in [1.165, 1.54) is 16.9 Å². The third-order valence-corrected chi connectivity index (χ3v) is 7.18. The van der Waals surface area contributed by atoms with Gasteiger partial charge in [-0.3, -0.25) is 14.2 Å². The van der Waals surface area contributed by atoms with E-state index in [0.29, 0.717) is 6.54 Å². The van der Waals surface area contributed by atoms with Crippen LogP contribution < -0.4 is 15.6 Å². The van der Waals surface area contributed by atoms with E-state index in [-0.39, 0.29) is 29.8 Å². The molecule has 0 radical (unpaired) electrons. The first kappa shape index (κ1) is 21.6. The second kappa shape index (κ2) is 9.22. The van der Waals surface area contributed by atoms with Gasteiger partial charge in [-0.25, -0.2) is 4.98 Å². The number of carbonyl (C=O) groups excluding carboxylic acids is 1. The van der Waals surface area contributed by atoms with E-state index in [4.69, 9.17) is 4.74 Å². The van der Waals surface area contributed by atoms with Crippen LogP contribution in [0.15, 0.2) is 35.4 Å². The molecule has 0 spiro atoms. The molecule has 1 N–H and O–H groups in total. The summed E-state index contributed by atoms with van der Waals surface area (Å²) in [4.78, 5) is 32.4. The first-order valence-electron chi connectivity index (χ1n) is 10.9. The zero-order valence-corrected chi connectivity index (χ0v) is 19.1. The monoisotopic (exact) mass is 439 g/mol. The maximum Gasteiger partial charge on any atom is 0.262 e. The summed E-state index contributed by atoms with van der Waals surface area (Å²) in [6.45, 7) is 4.49. The zero-order valence-electron chi connectivity index (χ0n) is 18.3. The molecule has 7 heteroatoms. The topological polar surface area (TPSA) is 73.2 Å². The average molecular weight is 440 g/mol. The number of aryl methyl sites for hydroxylation is 3. The van der Waals surface area contributed by atoms with Crippen LogP contribution in [0.1, 0.15) is 55.2 Å². The minimum Gasteiger partial charge on any atom is -0.497 e. The van der Waals surface area contributed by atoms with Crippen molar-refractivity contribution in [3.05, 3.63) is 57.0 Å². The summed E-state index contributed by atoms with van der Waals surface area (Å²) in [5.74, 6) is 0.944. The number of thiophene rings is 1. The molecule has 1 atom stereocenters. The van der Waals surface area contributed by atoms with E-state index >= 15 is 0 Å². The van der Waals surface area contributed by atoms with Crippen molar-refractivity contribution in [3.8, 4) is 5.75 Å². The Bertz CT molecular complexity index is 1130. The standard InChI is InChI=1S/C24H29N3O3S/c1-15(2)22(16-8-10-17(30-3)11-9-16)26-20(28)12-13-27-14-25-23-21(24(27)29)18-6-4-5-7-19(18)31-23/h8-11,14-15,22H,4-7,12-13H2,1-3H3,(H,26,28). The van der Waals surface area contributed by atoms with Crippen LogP contribution in [0, 0.1) is 5.92 Å². The highest BCUT2D eigenvalue weighted by Crippen LogP contribution is 2.33. The van der Waals surface area contributed by atoms with Gasteiger partial charge in [0.1, 0.15) is 10.6 Å². The molecule has 164 valence electrons. The summed E-state index contributed by atoms with van der Waals surface area (Å²) in [5.41, 5.74) is 2.20. The fourth-order valence-corrected chi connectivity index (χ4v) is 5.47. The maximum atomic E-state index is 13.1. The van der Waals surface area contributed by atoms with Crippen LogP contribution in [0.4, 0.5) is 0 Å². The number of nitrogens with zero attached hydrogens (tertiary/aromatic N) is 2. The lowest BCUT2D eigenvalue weighted by Gasteiger charge is -2.23. The summed E-state index contributed by atoms with van der Waals surface area (Å²) in [6, 6.07) is 7.66. The zero-order chi connectivity index (χ0) is 22.0. The average Bonchev–Trinajstić information content (AvgIpc) is 3.16. The largest absolute Gasteiger partial charge is 0.497 e. The smallest absolute Gasteiger partial charge is 0.262 e. The quantitative estimate of drug-likeness (QED) is 0.597. The Morgan fingerprint density at radius 2 is 1.97 bits per heavy atom. The number of amides is 1. The van der Waals surface area contributed by atoms with Gasteiger partial charge in [0.15, 0.2) is 0 Å². The third kappa shape index (κ3) is 4.51. The lowest BCUT2D eigenvalue weighted by atomic mass is 9.96. The second-order valence-corrected chi connectivity index (χ2v) is 9.53. The number of nitrogens with one attached hydrogen (secondary N) is 1. The van der Waals surface area contributed by atoms with Crippen LogP contribution in [0.5, 0.6) is 5.75 Å². The summed E-state index contributed by atoms with van der Waals surface area (Å²) in [5, 5.41) is 3.89. The highest BCUT2D eigenvalue weighted by Gasteiger charge is 2.21. The minimum atomic E-state index is -0.0976. The van der Waals surface area contributed by atoms with Crippen LogP contribution in [0.2, 0.25) is 0 Å². The Labute approximate surface area is 186 Å². The highest BCUT2D eigenvalue weighted by molar-refractivity contribution is 7.18. The van der Waals surface area contributed by atoms with Gasteiger partial charge in [-0.2, -0.15) is 0 Å². The molecular formula is C24H29N3O3S. The number of hydrogen-bond acceptors (Lipinski definition) is 5. The molecule has 31 heavy (non-hydrogen) atoms. The fourth-order valence-electron chi connectivity index (χ4n) is 4.25. The summed E-state index contributed by atoms with van der Waals surface area (Å²) in [7, 11) is 1.64. The molecule has 0 aliphatic heterocycles. The third-order valence-electron chi connectivity index (χ3n) is 5.98. The van der Waals surface area contributed by atoms with Crippen LogP contribution in [-0.4, -0.2) is 22.6 Å². The molecule has 4 rings (SSSR count). The number of rotatable bonds is 7. The second-order valence-electron chi connectivity index (χ2n) is 8.45. The molecule has 0 saturated carbocycles. The van der Waals surface area contributed by atoms with Crippen LogP contribution in [0.25, 0.3) is 10.2 Å². The number of aromatic nitrogens is 2. The van der Waals surface area contributed by atoms with Crippen LogP contribution in [0.3, 0.4) is 0 Å². The molecule has 6 nitrogen and oxygen atoms in total. The molecule has 0 saturated heterocycles. The SMILES string of the molecule is COc1ccc(C(NC(=O)CCn2cnc3sc4c(c3c2=O)CCCC4)C(C)C)cc1. The van der Waals surface area contributed by atoms with E-state index in [1.54, 1.807) is 29.3 Å². The number of carbonyl (C=O) groups is 1. The van der Waals surface area contributed by atoms with Gasteiger partial charge in [0.2, 0.25) is 5.91 Å². The van der Waals surface area contributed by atoms with Gasteiger partial charge in [0.05, 0.1) is 24.9 Å². The Kier molecular flexibility index (Phi) is 6.41. The fraction of sp³-hybridized carbons (Fsp3) is 0.458. The van der Waals surface area contributed by atoms with E-state index in [0.717, 1.165) is 40.8 Å². The van der Waals surface area contributed by atoms with Gasteiger partial charge >= 0.3 is 0 Å². The highest BCUT2D eigenvalue weighted by atomic mass is 32.1. The Morgan fingerprint density at radius 1 is 1.23 bits per heavy atom. The van der Waals surface area contributed by atoms with Crippen molar-refractivity contribution in [2.45, 2.75) is 58.5 Å². The number of hydrogen-bond donors (Lipinski definition) is 1. The molecule has 1 aliphatic rings. The van der Waals surface area contributed by atoms with Crippen LogP contribution >= 0.6 is 11.3 Å². The lowest BCUT2D eigenvalue weighted by Crippen LogP contribution is -2.33. The normalized spacial score (nSPS) is 14.5. The number of methoxy groups -OCH3 is 1. The van der Waals surface area contributed by atoms with E-state index in [2.05, 4.69) is 24.1 Å². The van der Waals surface area contributed by atoms with Gasteiger partial charge in [-0.1, -0.05) is 26.0 Å². The molecule has 1 unspecified atom stereocenters. The maximum absolute atomic E-state index is 13.1. The molecule has 2 aromatic heterocycles. The van der Waals surface area contributed by atoms with Crippen LogP contribution in [-0.2, 0) is 24.2 Å². The molecule has 1 aromatic carbocycles. The predicted octanol–water partition coefficient (Wildman–Crippen LogP) is 4.25. The first-order chi connectivity index (χ1) is 15.0. The molecule has 1 aliphatic carbocycles.